The number of hydrogen-bond acceptors (Lipinski definition) is 2. The molecule has 0 aromatic heterocycles. The molecule has 0 unspecified atom stereocenters. The Kier molecular flexibility index (Phi) is 1.18. The molecular formula is C10H12O2. The van der Waals surface area contributed by atoms with Crippen LogP contribution in [0.15, 0.2) is 12.2 Å². The molecule has 2 nitrogen and oxygen atoms in total. The van der Waals surface area contributed by atoms with E-state index in [1.807, 2.05) is 0 Å². The van der Waals surface area contributed by atoms with E-state index in [0.29, 0.717) is 24.4 Å². The molecule has 1 heterocycles. The Morgan fingerprint density at radius 3 is 2.67 bits per heavy atom. The maximum atomic E-state index is 11.3. The molecule has 4 rings (SSSR count). The van der Waals surface area contributed by atoms with Crippen LogP contribution in [0.4, 0.5) is 0 Å². The fourth-order valence-corrected chi connectivity index (χ4v) is 2.95. The second-order valence-corrected chi connectivity index (χ2v) is 4.11. The Bertz CT molecular complexity index is 257. The van der Waals surface area contributed by atoms with E-state index in [1.54, 1.807) is 0 Å². The van der Waals surface area contributed by atoms with Crippen molar-refractivity contribution in [3.8, 4) is 0 Å². The third-order valence-corrected chi connectivity index (χ3v) is 3.60. The molecule has 0 aromatic carbocycles. The lowest BCUT2D eigenvalue weighted by Crippen LogP contribution is -2.37. The Morgan fingerprint density at radius 2 is 2.00 bits per heavy atom. The summed E-state index contributed by atoms with van der Waals surface area (Å²) in [5.41, 5.74) is 0. The number of rotatable bonds is 0. The second kappa shape index (κ2) is 2.12. The van der Waals surface area contributed by atoms with E-state index in [2.05, 4.69) is 12.2 Å². The average Bonchev–Trinajstić information content (AvgIpc) is 2.53. The highest BCUT2D eigenvalue weighted by molar-refractivity contribution is 5.76. The molecular weight excluding hydrogens is 152 g/mol. The van der Waals surface area contributed by atoms with Gasteiger partial charge in [-0.25, -0.2) is 0 Å². The number of allylic oxidation sites excluding steroid dienone is 2. The van der Waals surface area contributed by atoms with Crippen LogP contribution in [0.25, 0.3) is 0 Å². The van der Waals surface area contributed by atoms with Gasteiger partial charge in [0.1, 0.15) is 0 Å². The maximum absolute atomic E-state index is 11.3. The summed E-state index contributed by atoms with van der Waals surface area (Å²) < 4.78 is 5.10. The molecule has 1 aliphatic heterocycles. The largest absolute Gasteiger partial charge is 0.465 e. The van der Waals surface area contributed by atoms with Crippen LogP contribution in [-0.2, 0) is 9.53 Å². The lowest BCUT2D eigenvalue weighted by atomic mass is 9.63. The van der Waals surface area contributed by atoms with E-state index in [9.17, 15) is 4.79 Å². The van der Waals surface area contributed by atoms with Gasteiger partial charge in [-0.2, -0.15) is 0 Å². The van der Waals surface area contributed by atoms with Gasteiger partial charge in [0.25, 0.3) is 0 Å². The minimum absolute atomic E-state index is 0.0547. The fraction of sp³-hybridized carbons (Fsp3) is 0.700. The minimum atomic E-state index is 0.0547. The SMILES string of the molecule is O=C1OC[C@@H]2[C@H]1[C@@H]1C=C[C@H]2CC1. The van der Waals surface area contributed by atoms with Crippen LogP contribution in [-0.4, -0.2) is 12.6 Å². The van der Waals surface area contributed by atoms with Gasteiger partial charge >= 0.3 is 5.97 Å². The summed E-state index contributed by atoms with van der Waals surface area (Å²) in [6.45, 7) is 0.676. The van der Waals surface area contributed by atoms with Gasteiger partial charge in [-0.3, -0.25) is 4.79 Å². The van der Waals surface area contributed by atoms with E-state index in [-0.39, 0.29) is 11.9 Å². The number of ether oxygens (including phenoxy) is 1. The molecule has 3 aliphatic carbocycles. The van der Waals surface area contributed by atoms with Crippen LogP contribution in [0, 0.1) is 23.7 Å². The summed E-state index contributed by atoms with van der Waals surface area (Å²) in [5.74, 6) is 1.91. The van der Waals surface area contributed by atoms with Gasteiger partial charge in [0.15, 0.2) is 0 Å². The normalized spacial score (nSPS) is 49.2. The van der Waals surface area contributed by atoms with Crippen LogP contribution >= 0.6 is 0 Å². The summed E-state index contributed by atoms with van der Waals surface area (Å²) >= 11 is 0. The Hall–Kier alpha value is -0.790. The van der Waals surface area contributed by atoms with Crippen LogP contribution < -0.4 is 0 Å². The first-order valence-corrected chi connectivity index (χ1v) is 4.71. The van der Waals surface area contributed by atoms with Gasteiger partial charge in [-0.1, -0.05) is 12.2 Å². The molecule has 2 bridgehead atoms. The van der Waals surface area contributed by atoms with Crippen molar-refractivity contribution in [2.75, 3.05) is 6.61 Å². The van der Waals surface area contributed by atoms with Crippen molar-refractivity contribution in [3.05, 3.63) is 12.2 Å². The molecule has 0 amide bonds. The molecule has 1 saturated heterocycles. The van der Waals surface area contributed by atoms with Gasteiger partial charge in [-0.05, 0) is 24.7 Å². The number of esters is 1. The number of hydrogen-bond donors (Lipinski definition) is 0. The predicted molar refractivity (Wildman–Crippen MR) is 43.3 cm³/mol. The third kappa shape index (κ3) is 0.680. The molecule has 12 heavy (non-hydrogen) atoms. The van der Waals surface area contributed by atoms with Gasteiger partial charge in [0.2, 0.25) is 0 Å². The lowest BCUT2D eigenvalue weighted by Gasteiger charge is -2.38. The molecule has 4 atom stereocenters. The summed E-state index contributed by atoms with van der Waals surface area (Å²) in [5, 5.41) is 0. The number of fused-ring (bicyclic) bond motifs is 1. The third-order valence-electron chi connectivity index (χ3n) is 3.60. The van der Waals surface area contributed by atoms with Crippen molar-refractivity contribution < 1.29 is 9.53 Å². The van der Waals surface area contributed by atoms with Crippen LogP contribution in [0.5, 0.6) is 0 Å². The van der Waals surface area contributed by atoms with Crippen molar-refractivity contribution in [3.63, 3.8) is 0 Å². The van der Waals surface area contributed by atoms with Crippen LogP contribution in [0.2, 0.25) is 0 Å². The van der Waals surface area contributed by atoms with E-state index >= 15 is 0 Å². The van der Waals surface area contributed by atoms with Crippen LogP contribution in [0.3, 0.4) is 0 Å². The highest BCUT2D eigenvalue weighted by Gasteiger charge is 2.49. The highest BCUT2D eigenvalue weighted by Crippen LogP contribution is 2.47. The molecule has 2 heteroatoms. The summed E-state index contributed by atoms with van der Waals surface area (Å²) in [4.78, 5) is 11.3. The first-order valence-electron chi connectivity index (χ1n) is 4.71. The summed E-state index contributed by atoms with van der Waals surface area (Å²) in [6, 6.07) is 0. The van der Waals surface area contributed by atoms with Gasteiger partial charge < -0.3 is 4.74 Å². The zero-order valence-corrected chi connectivity index (χ0v) is 6.90. The zero-order valence-electron chi connectivity index (χ0n) is 6.90. The Balaban J connectivity index is 2.01. The van der Waals surface area contributed by atoms with E-state index in [1.165, 1.54) is 12.8 Å². The number of carbonyl (C=O) groups is 1. The highest BCUT2D eigenvalue weighted by atomic mass is 16.5. The van der Waals surface area contributed by atoms with Gasteiger partial charge in [0, 0.05) is 5.92 Å². The standard InChI is InChI=1S/C10H12O2/c11-10-9-7-3-1-6(2-4-7)8(9)5-12-10/h1,3,6-9H,2,4-5H2/t6-,7+,8-,9+/m0/s1. The van der Waals surface area contributed by atoms with Crippen molar-refractivity contribution in [2.45, 2.75) is 12.8 Å². The number of carbonyl (C=O) groups excluding carboxylic acids is 1. The van der Waals surface area contributed by atoms with Gasteiger partial charge in [-0.15, -0.1) is 0 Å². The van der Waals surface area contributed by atoms with Crippen molar-refractivity contribution in [2.24, 2.45) is 23.7 Å². The summed E-state index contributed by atoms with van der Waals surface area (Å²) in [7, 11) is 0. The topological polar surface area (TPSA) is 26.3 Å². The Labute approximate surface area is 71.6 Å². The first-order chi connectivity index (χ1) is 5.86. The molecule has 0 radical (unpaired) electrons. The van der Waals surface area contributed by atoms with Gasteiger partial charge in [0.05, 0.1) is 12.5 Å². The predicted octanol–water partition coefficient (Wildman–Crippen LogP) is 1.37. The lowest BCUT2D eigenvalue weighted by molar-refractivity contribution is -0.142. The van der Waals surface area contributed by atoms with E-state index in [0.717, 1.165) is 0 Å². The zero-order chi connectivity index (χ0) is 8.13. The monoisotopic (exact) mass is 164 g/mol. The minimum Gasteiger partial charge on any atom is -0.465 e. The average molecular weight is 164 g/mol. The van der Waals surface area contributed by atoms with Crippen molar-refractivity contribution in [1.29, 1.82) is 0 Å². The smallest absolute Gasteiger partial charge is 0.309 e. The number of cyclic esters (lactones) is 1. The summed E-state index contributed by atoms with van der Waals surface area (Å²) in [6.07, 6.45) is 6.97. The van der Waals surface area contributed by atoms with E-state index < -0.39 is 0 Å². The fourth-order valence-electron chi connectivity index (χ4n) is 2.95. The van der Waals surface area contributed by atoms with Crippen molar-refractivity contribution in [1.82, 2.24) is 0 Å². The van der Waals surface area contributed by atoms with Crippen LogP contribution in [0.1, 0.15) is 12.8 Å². The molecule has 2 fully saturated rings. The van der Waals surface area contributed by atoms with E-state index in [4.69, 9.17) is 4.74 Å². The maximum Gasteiger partial charge on any atom is 0.309 e. The molecule has 0 spiro atoms. The van der Waals surface area contributed by atoms with Crippen molar-refractivity contribution >= 4 is 5.97 Å². The Morgan fingerprint density at radius 1 is 1.25 bits per heavy atom. The quantitative estimate of drug-likeness (QED) is 0.399. The molecule has 64 valence electrons. The first kappa shape index (κ1) is 6.70. The second-order valence-electron chi connectivity index (χ2n) is 4.11. The molecule has 1 saturated carbocycles. The molecule has 0 N–H and O–H groups in total. The molecule has 4 aliphatic rings. The molecule has 0 aromatic rings.